The lowest BCUT2D eigenvalue weighted by Crippen LogP contribution is -2.52. The molecule has 0 N–H and O–H groups in total. The molecule has 4 rings (SSSR count). The van der Waals surface area contributed by atoms with Crippen LogP contribution in [0.2, 0.25) is 0 Å². The van der Waals surface area contributed by atoms with E-state index < -0.39 is 0 Å². The predicted molar refractivity (Wildman–Crippen MR) is 94.2 cm³/mol. The van der Waals surface area contributed by atoms with Crippen LogP contribution in [0.5, 0.6) is 0 Å². The number of hydrogen-bond donors (Lipinski definition) is 0. The van der Waals surface area contributed by atoms with E-state index >= 15 is 0 Å². The van der Waals surface area contributed by atoms with Crippen molar-refractivity contribution in [3.63, 3.8) is 0 Å². The maximum Gasteiger partial charge on any atom is 0.255 e. The van der Waals surface area contributed by atoms with Crippen molar-refractivity contribution in [2.45, 2.75) is 25.6 Å². The first kappa shape index (κ1) is 15.8. The first-order valence-corrected chi connectivity index (χ1v) is 8.92. The second-order valence-corrected chi connectivity index (χ2v) is 7.46. The second kappa shape index (κ2) is 5.97. The van der Waals surface area contributed by atoms with Gasteiger partial charge in [0.15, 0.2) is 0 Å². The Hall–Kier alpha value is -1.72. The fourth-order valence-electron chi connectivity index (χ4n) is 3.90. The van der Waals surface area contributed by atoms with E-state index in [0.29, 0.717) is 10.0 Å². The molecule has 1 amide bonds. The molecule has 0 aliphatic carbocycles. The standard InChI is InChI=1S/C19H18BrFN2O/c1-12-9-22(10-13-5-3-2-4-6-13)11-18-14-8-17(21)16(20)7-15(14)19(24)23(12)18/h2-8,12,18H,9-11H2,1H3/t12-,18-/m1/s1. The zero-order chi connectivity index (χ0) is 16.8. The topological polar surface area (TPSA) is 23.6 Å². The molecule has 2 heterocycles. The predicted octanol–water partition coefficient (Wildman–Crippen LogP) is 3.99. The van der Waals surface area contributed by atoms with Crippen LogP contribution < -0.4 is 0 Å². The highest BCUT2D eigenvalue weighted by Gasteiger charge is 2.44. The minimum Gasteiger partial charge on any atom is -0.326 e. The van der Waals surface area contributed by atoms with E-state index in [9.17, 15) is 9.18 Å². The molecule has 1 fully saturated rings. The summed E-state index contributed by atoms with van der Waals surface area (Å²) in [6, 6.07) is 13.5. The lowest BCUT2D eigenvalue weighted by Gasteiger charge is -2.42. The highest BCUT2D eigenvalue weighted by atomic mass is 79.9. The SMILES string of the molecule is C[C@@H]1CN(Cc2ccccc2)C[C@@H]2c3cc(F)c(Br)cc3C(=O)N12. The molecular weight excluding hydrogens is 371 g/mol. The zero-order valence-electron chi connectivity index (χ0n) is 13.4. The first-order valence-electron chi connectivity index (χ1n) is 8.12. The van der Waals surface area contributed by atoms with Crippen LogP contribution in [0.4, 0.5) is 4.39 Å². The van der Waals surface area contributed by atoms with E-state index in [0.717, 1.165) is 25.2 Å². The Bertz CT molecular complexity index is 795. The average Bonchev–Trinajstić information content (AvgIpc) is 2.82. The number of benzene rings is 2. The Morgan fingerprint density at radius 1 is 1.21 bits per heavy atom. The third-order valence-corrected chi connectivity index (χ3v) is 5.54. The number of piperazine rings is 1. The number of nitrogens with zero attached hydrogens (tertiary/aromatic N) is 2. The molecule has 1 saturated heterocycles. The molecule has 2 aliphatic heterocycles. The molecule has 2 aromatic rings. The largest absolute Gasteiger partial charge is 0.326 e. The van der Waals surface area contributed by atoms with Crippen LogP contribution in [0.3, 0.4) is 0 Å². The summed E-state index contributed by atoms with van der Waals surface area (Å²) < 4.78 is 14.4. The Morgan fingerprint density at radius 3 is 2.71 bits per heavy atom. The van der Waals surface area contributed by atoms with E-state index in [1.165, 1.54) is 11.6 Å². The lowest BCUT2D eigenvalue weighted by atomic mass is 10.0. The van der Waals surface area contributed by atoms with Gasteiger partial charge in [-0.3, -0.25) is 9.69 Å². The molecule has 0 unspecified atom stereocenters. The van der Waals surface area contributed by atoms with Crippen LogP contribution in [0.1, 0.15) is 34.5 Å². The molecular formula is C19H18BrFN2O. The van der Waals surface area contributed by atoms with E-state index in [1.807, 2.05) is 23.1 Å². The molecule has 3 nitrogen and oxygen atoms in total. The lowest BCUT2D eigenvalue weighted by molar-refractivity contribution is 0.0296. The van der Waals surface area contributed by atoms with Crippen LogP contribution in [-0.4, -0.2) is 34.8 Å². The molecule has 0 bridgehead atoms. The highest BCUT2D eigenvalue weighted by molar-refractivity contribution is 9.10. The molecule has 0 radical (unpaired) electrons. The minimum atomic E-state index is -0.309. The normalized spacial score (nSPS) is 23.3. The summed E-state index contributed by atoms with van der Waals surface area (Å²) in [5, 5.41) is 0. The van der Waals surface area contributed by atoms with Gasteiger partial charge in [-0.15, -0.1) is 0 Å². The highest BCUT2D eigenvalue weighted by Crippen LogP contribution is 2.40. The van der Waals surface area contributed by atoms with E-state index in [4.69, 9.17) is 0 Å². The van der Waals surface area contributed by atoms with E-state index in [1.54, 1.807) is 6.07 Å². The van der Waals surface area contributed by atoms with Gasteiger partial charge in [0, 0.05) is 31.2 Å². The van der Waals surface area contributed by atoms with Crippen molar-refractivity contribution in [3.8, 4) is 0 Å². The molecule has 2 aromatic carbocycles. The summed E-state index contributed by atoms with van der Waals surface area (Å²) >= 11 is 3.19. The molecule has 2 aliphatic rings. The number of fused-ring (bicyclic) bond motifs is 3. The van der Waals surface area contributed by atoms with Crippen molar-refractivity contribution in [1.29, 1.82) is 0 Å². The van der Waals surface area contributed by atoms with Gasteiger partial charge >= 0.3 is 0 Å². The monoisotopic (exact) mass is 388 g/mol. The smallest absolute Gasteiger partial charge is 0.255 e. The van der Waals surface area contributed by atoms with Gasteiger partial charge in [-0.1, -0.05) is 30.3 Å². The molecule has 2 atom stereocenters. The number of carbonyl (C=O) groups excluding carboxylic acids is 1. The molecule has 5 heteroatoms. The Morgan fingerprint density at radius 2 is 1.96 bits per heavy atom. The van der Waals surface area contributed by atoms with Gasteiger partial charge in [-0.05, 0) is 46.1 Å². The van der Waals surface area contributed by atoms with Crippen LogP contribution in [0.25, 0.3) is 0 Å². The van der Waals surface area contributed by atoms with E-state index in [-0.39, 0.29) is 23.8 Å². The summed E-state index contributed by atoms with van der Waals surface area (Å²) in [6.45, 7) is 4.48. The summed E-state index contributed by atoms with van der Waals surface area (Å²) in [7, 11) is 0. The average molecular weight is 389 g/mol. The quantitative estimate of drug-likeness (QED) is 0.776. The van der Waals surface area contributed by atoms with Crippen LogP contribution in [0.15, 0.2) is 46.9 Å². The fraction of sp³-hybridized carbons (Fsp3) is 0.316. The Labute approximate surface area is 149 Å². The summed E-state index contributed by atoms with van der Waals surface area (Å²) in [5.74, 6) is -0.293. The summed E-state index contributed by atoms with van der Waals surface area (Å²) in [5.41, 5.74) is 2.69. The van der Waals surface area contributed by atoms with Crippen molar-refractivity contribution in [3.05, 3.63) is 69.4 Å². The van der Waals surface area contributed by atoms with Gasteiger partial charge in [-0.2, -0.15) is 0 Å². The van der Waals surface area contributed by atoms with Gasteiger partial charge in [0.1, 0.15) is 5.82 Å². The van der Waals surface area contributed by atoms with Crippen LogP contribution in [-0.2, 0) is 6.54 Å². The third-order valence-electron chi connectivity index (χ3n) is 4.93. The van der Waals surface area contributed by atoms with Crippen LogP contribution in [0, 0.1) is 5.82 Å². The zero-order valence-corrected chi connectivity index (χ0v) is 15.0. The fourth-order valence-corrected chi connectivity index (χ4v) is 4.24. The third kappa shape index (κ3) is 2.56. The number of amides is 1. The first-order chi connectivity index (χ1) is 11.5. The molecule has 24 heavy (non-hydrogen) atoms. The van der Waals surface area contributed by atoms with Crippen molar-refractivity contribution in [1.82, 2.24) is 9.80 Å². The van der Waals surface area contributed by atoms with Gasteiger partial charge in [0.25, 0.3) is 5.91 Å². The summed E-state index contributed by atoms with van der Waals surface area (Å²) in [4.78, 5) is 17.0. The van der Waals surface area contributed by atoms with E-state index in [2.05, 4.69) is 39.9 Å². The van der Waals surface area contributed by atoms with Crippen molar-refractivity contribution in [2.75, 3.05) is 13.1 Å². The maximum atomic E-state index is 14.0. The van der Waals surface area contributed by atoms with Crippen molar-refractivity contribution in [2.24, 2.45) is 0 Å². The number of halogens is 2. The molecule has 124 valence electrons. The van der Waals surface area contributed by atoms with Crippen molar-refractivity contribution >= 4 is 21.8 Å². The van der Waals surface area contributed by atoms with Crippen molar-refractivity contribution < 1.29 is 9.18 Å². The molecule has 0 saturated carbocycles. The number of hydrogen-bond acceptors (Lipinski definition) is 2. The maximum absolute atomic E-state index is 14.0. The molecule has 0 aromatic heterocycles. The van der Waals surface area contributed by atoms with Gasteiger partial charge < -0.3 is 4.90 Å². The van der Waals surface area contributed by atoms with Gasteiger partial charge in [0.05, 0.1) is 10.5 Å². The van der Waals surface area contributed by atoms with Crippen LogP contribution >= 0.6 is 15.9 Å². The number of carbonyl (C=O) groups is 1. The second-order valence-electron chi connectivity index (χ2n) is 6.61. The summed E-state index contributed by atoms with van der Waals surface area (Å²) in [6.07, 6.45) is 0. The number of rotatable bonds is 2. The van der Waals surface area contributed by atoms with Gasteiger partial charge in [-0.25, -0.2) is 4.39 Å². The Balaban J connectivity index is 1.65. The minimum absolute atomic E-state index is 0.0163. The van der Waals surface area contributed by atoms with Gasteiger partial charge in [0.2, 0.25) is 0 Å². The Kier molecular flexibility index (Phi) is 3.93. The molecule has 0 spiro atoms.